The van der Waals surface area contributed by atoms with Crippen LogP contribution in [0, 0.1) is 0 Å². The van der Waals surface area contributed by atoms with E-state index < -0.39 is 0 Å². The minimum absolute atomic E-state index is 0.0129. The van der Waals surface area contributed by atoms with Crippen molar-refractivity contribution in [1.82, 2.24) is 4.90 Å². The molecular weight excluding hydrogens is 285 g/mol. The normalized spacial score (nSPS) is 20.5. The molecule has 3 nitrogen and oxygen atoms in total. The number of nitrogens with zero attached hydrogens (tertiary/aromatic N) is 1. The highest BCUT2D eigenvalue weighted by Crippen LogP contribution is 2.23. The second-order valence-corrected chi connectivity index (χ2v) is 5.67. The second-order valence-electron chi connectivity index (χ2n) is 4.85. The van der Waals surface area contributed by atoms with Gasteiger partial charge in [0.2, 0.25) is 0 Å². The van der Waals surface area contributed by atoms with Crippen LogP contribution in [0.3, 0.4) is 0 Å². The summed E-state index contributed by atoms with van der Waals surface area (Å²) in [5.74, 6) is 0.0129. The summed E-state index contributed by atoms with van der Waals surface area (Å²) in [5, 5.41) is 10.2. The van der Waals surface area contributed by atoms with E-state index in [1.54, 1.807) is 18.2 Å². The molecule has 1 N–H and O–H groups in total. The zero-order valence-corrected chi connectivity index (χ0v) is 12.1. The fourth-order valence-corrected chi connectivity index (χ4v) is 2.72. The van der Waals surface area contributed by atoms with Crippen LogP contribution < -0.4 is 0 Å². The van der Waals surface area contributed by atoms with Crippen LogP contribution in [-0.2, 0) is 0 Å². The molecule has 0 aliphatic carbocycles. The van der Waals surface area contributed by atoms with Crippen LogP contribution in [0.4, 0.5) is 0 Å². The molecule has 1 aromatic rings. The number of carbonyl (C=O) groups is 1. The van der Waals surface area contributed by atoms with Gasteiger partial charge < -0.3 is 5.11 Å². The Bertz CT molecular complexity index is 465. The predicted octanol–water partition coefficient (Wildman–Crippen LogP) is 3.02. The van der Waals surface area contributed by atoms with Crippen LogP contribution in [-0.4, -0.2) is 41.5 Å². The van der Waals surface area contributed by atoms with Crippen molar-refractivity contribution in [2.75, 3.05) is 19.7 Å². The van der Waals surface area contributed by atoms with E-state index in [-0.39, 0.29) is 18.4 Å². The van der Waals surface area contributed by atoms with Gasteiger partial charge >= 0.3 is 0 Å². The van der Waals surface area contributed by atoms with Gasteiger partial charge in [0.25, 0.3) is 0 Å². The summed E-state index contributed by atoms with van der Waals surface area (Å²) in [6.45, 7) is 1.29. The lowest BCUT2D eigenvalue weighted by Crippen LogP contribution is -2.44. The molecule has 1 aliphatic rings. The van der Waals surface area contributed by atoms with Crippen LogP contribution >= 0.6 is 23.2 Å². The van der Waals surface area contributed by atoms with Crippen molar-refractivity contribution in [2.45, 2.75) is 25.3 Å². The number of carbonyl (C=O) groups excluding carboxylic acids is 1. The molecule has 1 saturated heterocycles. The third kappa shape index (κ3) is 3.69. The van der Waals surface area contributed by atoms with E-state index in [4.69, 9.17) is 23.2 Å². The van der Waals surface area contributed by atoms with E-state index in [1.165, 1.54) is 0 Å². The average molecular weight is 302 g/mol. The Morgan fingerprint density at radius 1 is 1.32 bits per heavy atom. The third-order valence-corrected chi connectivity index (χ3v) is 4.29. The fraction of sp³-hybridized carbons (Fsp3) is 0.500. The number of aliphatic hydroxyl groups is 1. The van der Waals surface area contributed by atoms with Crippen molar-refractivity contribution in [3.05, 3.63) is 33.8 Å². The lowest BCUT2D eigenvalue weighted by atomic mass is 10.0. The Labute approximate surface area is 123 Å². The number of benzene rings is 1. The van der Waals surface area contributed by atoms with Gasteiger partial charge in [0.1, 0.15) is 0 Å². The monoisotopic (exact) mass is 301 g/mol. The molecule has 104 valence electrons. The van der Waals surface area contributed by atoms with E-state index in [1.807, 2.05) is 4.90 Å². The van der Waals surface area contributed by atoms with E-state index in [0.717, 1.165) is 25.8 Å². The number of Topliss-reactive ketones (excluding diaryl/α,β-unsaturated/α-hetero) is 1. The first-order chi connectivity index (χ1) is 9.11. The minimum atomic E-state index is 0.0129. The van der Waals surface area contributed by atoms with Crippen molar-refractivity contribution in [3.63, 3.8) is 0 Å². The molecule has 1 aromatic carbocycles. The molecule has 0 amide bonds. The van der Waals surface area contributed by atoms with Crippen molar-refractivity contribution in [1.29, 1.82) is 0 Å². The number of likely N-dealkylation sites (tertiary alicyclic amines) is 1. The molecule has 2 rings (SSSR count). The molecule has 0 bridgehead atoms. The molecule has 0 saturated carbocycles. The van der Waals surface area contributed by atoms with Crippen molar-refractivity contribution in [2.24, 2.45) is 0 Å². The summed E-state index contributed by atoms with van der Waals surface area (Å²) in [7, 11) is 0. The van der Waals surface area contributed by atoms with Gasteiger partial charge in [0.05, 0.1) is 23.2 Å². The summed E-state index contributed by atoms with van der Waals surface area (Å²) in [6.07, 6.45) is 3.14. The van der Waals surface area contributed by atoms with Gasteiger partial charge in [-0.25, -0.2) is 0 Å². The molecule has 0 spiro atoms. The third-order valence-electron chi connectivity index (χ3n) is 3.55. The van der Waals surface area contributed by atoms with Gasteiger partial charge in [0, 0.05) is 11.6 Å². The van der Waals surface area contributed by atoms with Gasteiger partial charge in [0.15, 0.2) is 5.78 Å². The molecule has 1 atom stereocenters. The van der Waals surface area contributed by atoms with E-state index in [2.05, 4.69) is 0 Å². The quantitative estimate of drug-likeness (QED) is 0.869. The molecule has 5 heteroatoms. The number of aliphatic hydroxyl groups excluding tert-OH is 1. The maximum Gasteiger partial charge on any atom is 0.176 e. The van der Waals surface area contributed by atoms with Crippen LogP contribution in [0.5, 0.6) is 0 Å². The highest BCUT2D eigenvalue weighted by molar-refractivity contribution is 6.42. The first-order valence-electron chi connectivity index (χ1n) is 6.45. The summed E-state index contributed by atoms with van der Waals surface area (Å²) in [4.78, 5) is 14.3. The van der Waals surface area contributed by atoms with Gasteiger partial charge in [-0.3, -0.25) is 9.69 Å². The van der Waals surface area contributed by atoms with Crippen LogP contribution in [0.25, 0.3) is 0 Å². The van der Waals surface area contributed by atoms with Crippen molar-refractivity contribution >= 4 is 29.0 Å². The number of ketones is 1. The number of hydrogen-bond acceptors (Lipinski definition) is 3. The second kappa shape index (κ2) is 6.71. The van der Waals surface area contributed by atoms with Crippen molar-refractivity contribution < 1.29 is 9.90 Å². The van der Waals surface area contributed by atoms with Gasteiger partial charge in [-0.05, 0) is 37.6 Å². The van der Waals surface area contributed by atoms with Gasteiger partial charge in [-0.2, -0.15) is 0 Å². The first-order valence-corrected chi connectivity index (χ1v) is 7.20. The number of halogens is 2. The SMILES string of the molecule is O=C(CN1CCCCC1CO)c1ccc(Cl)c(Cl)c1. The summed E-state index contributed by atoms with van der Waals surface area (Å²) >= 11 is 11.8. The predicted molar refractivity (Wildman–Crippen MR) is 77.1 cm³/mol. The minimum Gasteiger partial charge on any atom is -0.395 e. The lowest BCUT2D eigenvalue weighted by Gasteiger charge is -2.33. The molecule has 1 unspecified atom stereocenters. The average Bonchev–Trinajstić information content (AvgIpc) is 2.42. The zero-order valence-electron chi connectivity index (χ0n) is 10.6. The Hall–Kier alpha value is -0.610. The topological polar surface area (TPSA) is 40.5 Å². The molecule has 19 heavy (non-hydrogen) atoms. The van der Waals surface area contributed by atoms with Crippen LogP contribution in [0.1, 0.15) is 29.6 Å². The van der Waals surface area contributed by atoms with Crippen LogP contribution in [0.2, 0.25) is 10.0 Å². The number of rotatable bonds is 4. The Morgan fingerprint density at radius 3 is 2.79 bits per heavy atom. The Kier molecular flexibility index (Phi) is 5.22. The molecule has 1 aliphatic heterocycles. The fourth-order valence-electron chi connectivity index (χ4n) is 2.42. The van der Waals surface area contributed by atoms with Crippen molar-refractivity contribution in [3.8, 4) is 0 Å². The highest BCUT2D eigenvalue weighted by atomic mass is 35.5. The molecule has 1 fully saturated rings. The molecule has 0 aromatic heterocycles. The first kappa shape index (κ1) is 14.8. The number of hydrogen-bond donors (Lipinski definition) is 1. The Balaban J connectivity index is 2.05. The number of piperidine rings is 1. The summed E-state index contributed by atoms with van der Waals surface area (Å²) in [5.41, 5.74) is 0.566. The highest BCUT2D eigenvalue weighted by Gasteiger charge is 2.24. The van der Waals surface area contributed by atoms with E-state index in [9.17, 15) is 9.90 Å². The van der Waals surface area contributed by atoms with Crippen LogP contribution in [0.15, 0.2) is 18.2 Å². The van der Waals surface area contributed by atoms with Gasteiger partial charge in [-0.15, -0.1) is 0 Å². The van der Waals surface area contributed by atoms with Gasteiger partial charge in [-0.1, -0.05) is 29.6 Å². The maximum atomic E-state index is 12.2. The molecular formula is C14H17Cl2NO2. The summed E-state index contributed by atoms with van der Waals surface area (Å²) < 4.78 is 0. The van der Waals surface area contributed by atoms with E-state index in [0.29, 0.717) is 22.2 Å². The zero-order chi connectivity index (χ0) is 13.8. The smallest absolute Gasteiger partial charge is 0.176 e. The molecule has 0 radical (unpaired) electrons. The van der Waals surface area contributed by atoms with E-state index >= 15 is 0 Å². The lowest BCUT2D eigenvalue weighted by molar-refractivity contribution is 0.0711. The Morgan fingerprint density at radius 2 is 2.11 bits per heavy atom. The summed E-state index contributed by atoms with van der Waals surface area (Å²) in [6, 6.07) is 5.02. The largest absolute Gasteiger partial charge is 0.395 e. The maximum absolute atomic E-state index is 12.2. The molecule has 1 heterocycles. The standard InChI is InChI=1S/C14H17Cl2NO2/c15-12-5-4-10(7-13(12)16)14(19)8-17-6-2-1-3-11(17)9-18/h4-5,7,11,18H,1-3,6,8-9H2.